The molecule has 0 saturated carbocycles. The molecule has 1 amide bonds. The standard InChI is InChI=1S/C18H22N4O2/c1-22-10-6-5-9-14(18(22)24)12-15(23)17-19-16(20-21-17)11-13-7-3-2-4-8-13/h2-4,7-8,14H,5-6,9-12H2,1H3,(H,19,20,21)/t14-/m1/s1. The lowest BCUT2D eigenvalue weighted by atomic mass is 9.96. The van der Waals surface area contributed by atoms with Crippen LogP contribution in [0.3, 0.4) is 0 Å². The van der Waals surface area contributed by atoms with Gasteiger partial charge < -0.3 is 4.90 Å². The van der Waals surface area contributed by atoms with Gasteiger partial charge in [-0.1, -0.05) is 36.8 Å². The summed E-state index contributed by atoms with van der Waals surface area (Å²) in [6.45, 7) is 0.769. The molecule has 0 unspecified atom stereocenters. The molecule has 1 N–H and O–H groups in total. The monoisotopic (exact) mass is 326 g/mol. The fourth-order valence-electron chi connectivity index (χ4n) is 3.08. The molecule has 126 valence electrons. The van der Waals surface area contributed by atoms with Gasteiger partial charge in [0.25, 0.3) is 0 Å². The molecule has 1 aliphatic heterocycles. The van der Waals surface area contributed by atoms with E-state index in [0.29, 0.717) is 12.2 Å². The number of nitrogens with one attached hydrogen (secondary N) is 1. The molecule has 2 heterocycles. The quantitative estimate of drug-likeness (QED) is 0.855. The van der Waals surface area contributed by atoms with E-state index >= 15 is 0 Å². The normalized spacial score (nSPS) is 18.5. The number of aromatic amines is 1. The van der Waals surface area contributed by atoms with Gasteiger partial charge in [-0.3, -0.25) is 14.7 Å². The zero-order valence-electron chi connectivity index (χ0n) is 13.9. The van der Waals surface area contributed by atoms with Crippen LogP contribution in [0, 0.1) is 5.92 Å². The lowest BCUT2D eigenvalue weighted by Crippen LogP contribution is -2.32. The number of carbonyl (C=O) groups excluding carboxylic acids is 2. The number of rotatable bonds is 5. The summed E-state index contributed by atoms with van der Waals surface area (Å²) in [7, 11) is 1.80. The Balaban J connectivity index is 1.64. The third-order valence-electron chi connectivity index (χ3n) is 4.45. The minimum absolute atomic E-state index is 0.0564. The molecule has 0 aliphatic carbocycles. The molecular formula is C18H22N4O2. The van der Waals surface area contributed by atoms with Crippen LogP contribution in [0.5, 0.6) is 0 Å². The summed E-state index contributed by atoms with van der Waals surface area (Å²) in [6.07, 6.45) is 3.52. The number of hydrogen-bond acceptors (Lipinski definition) is 4. The van der Waals surface area contributed by atoms with Gasteiger partial charge in [0, 0.05) is 32.4 Å². The van der Waals surface area contributed by atoms with Crippen molar-refractivity contribution in [3.63, 3.8) is 0 Å². The Kier molecular flexibility index (Phi) is 5.03. The minimum atomic E-state index is -0.249. The van der Waals surface area contributed by atoms with Gasteiger partial charge in [0.05, 0.1) is 0 Å². The van der Waals surface area contributed by atoms with Crippen LogP contribution in [0.2, 0.25) is 0 Å². The second-order valence-corrected chi connectivity index (χ2v) is 6.35. The first kappa shape index (κ1) is 16.4. The van der Waals surface area contributed by atoms with Crippen molar-refractivity contribution in [3.05, 3.63) is 47.5 Å². The highest BCUT2D eigenvalue weighted by Gasteiger charge is 2.28. The fraction of sp³-hybridized carbons (Fsp3) is 0.444. The number of carbonyl (C=O) groups is 2. The van der Waals surface area contributed by atoms with E-state index < -0.39 is 0 Å². The summed E-state index contributed by atoms with van der Waals surface area (Å²) in [4.78, 5) is 30.7. The molecular weight excluding hydrogens is 304 g/mol. The summed E-state index contributed by atoms with van der Waals surface area (Å²) in [6, 6.07) is 9.89. The first-order valence-corrected chi connectivity index (χ1v) is 8.37. The largest absolute Gasteiger partial charge is 0.346 e. The molecule has 2 aromatic rings. The van der Waals surface area contributed by atoms with Crippen molar-refractivity contribution in [3.8, 4) is 0 Å². The van der Waals surface area contributed by atoms with Crippen molar-refractivity contribution < 1.29 is 9.59 Å². The van der Waals surface area contributed by atoms with E-state index in [1.807, 2.05) is 30.3 Å². The Morgan fingerprint density at radius 3 is 2.88 bits per heavy atom. The van der Waals surface area contributed by atoms with Crippen LogP contribution in [0.1, 0.15) is 47.7 Å². The van der Waals surface area contributed by atoms with Crippen molar-refractivity contribution >= 4 is 11.7 Å². The number of nitrogens with zero attached hydrogens (tertiary/aromatic N) is 3. The number of likely N-dealkylation sites (tertiary alicyclic amines) is 1. The minimum Gasteiger partial charge on any atom is -0.346 e. The van der Waals surface area contributed by atoms with Crippen molar-refractivity contribution in [2.24, 2.45) is 5.92 Å². The summed E-state index contributed by atoms with van der Waals surface area (Å²) < 4.78 is 0. The van der Waals surface area contributed by atoms with Crippen LogP contribution in [-0.4, -0.2) is 45.4 Å². The van der Waals surface area contributed by atoms with Gasteiger partial charge in [0.15, 0.2) is 0 Å². The summed E-state index contributed by atoms with van der Waals surface area (Å²) >= 11 is 0. The Bertz CT molecular complexity index is 711. The van der Waals surface area contributed by atoms with Crippen molar-refractivity contribution in [1.82, 2.24) is 20.1 Å². The van der Waals surface area contributed by atoms with Crippen molar-refractivity contribution in [1.29, 1.82) is 0 Å². The molecule has 1 atom stereocenters. The Hall–Kier alpha value is -2.50. The number of amides is 1. The molecule has 0 radical (unpaired) electrons. The van der Waals surface area contributed by atoms with Crippen LogP contribution < -0.4 is 0 Å². The molecule has 3 rings (SSSR count). The first-order chi connectivity index (χ1) is 11.6. The highest BCUT2D eigenvalue weighted by atomic mass is 16.2. The SMILES string of the molecule is CN1CCCC[C@H](CC(=O)c2n[nH]c(Cc3ccccc3)n2)C1=O. The molecule has 1 aromatic carbocycles. The first-order valence-electron chi connectivity index (χ1n) is 8.37. The Morgan fingerprint density at radius 1 is 1.29 bits per heavy atom. The summed E-state index contributed by atoms with van der Waals surface area (Å²) in [5.74, 6) is 0.482. The van der Waals surface area contributed by atoms with E-state index in [2.05, 4.69) is 15.2 Å². The lowest BCUT2D eigenvalue weighted by molar-refractivity contribution is -0.133. The van der Waals surface area contributed by atoms with Crippen LogP contribution in [0.15, 0.2) is 30.3 Å². The van der Waals surface area contributed by atoms with Crippen LogP contribution in [0.25, 0.3) is 0 Å². The van der Waals surface area contributed by atoms with E-state index in [-0.39, 0.29) is 29.9 Å². The van der Waals surface area contributed by atoms with Crippen LogP contribution in [0.4, 0.5) is 0 Å². The van der Waals surface area contributed by atoms with Crippen LogP contribution in [-0.2, 0) is 11.2 Å². The molecule has 0 spiro atoms. The number of Topliss-reactive ketones (excluding diaryl/α,β-unsaturated/α-hetero) is 1. The number of aromatic nitrogens is 3. The van der Waals surface area contributed by atoms with Gasteiger partial charge >= 0.3 is 0 Å². The van der Waals surface area contributed by atoms with Gasteiger partial charge in [-0.25, -0.2) is 4.98 Å². The topological polar surface area (TPSA) is 79.0 Å². The molecule has 1 aliphatic rings. The molecule has 0 bridgehead atoms. The average molecular weight is 326 g/mol. The Morgan fingerprint density at radius 2 is 2.08 bits per heavy atom. The summed E-state index contributed by atoms with van der Waals surface area (Å²) in [5, 5.41) is 6.86. The molecule has 24 heavy (non-hydrogen) atoms. The zero-order valence-corrected chi connectivity index (χ0v) is 13.9. The maximum Gasteiger partial charge on any atom is 0.225 e. The van der Waals surface area contributed by atoms with E-state index in [4.69, 9.17) is 0 Å². The molecule has 1 fully saturated rings. The van der Waals surface area contributed by atoms with E-state index in [0.717, 1.165) is 31.4 Å². The Labute approximate surface area is 141 Å². The fourth-order valence-corrected chi connectivity index (χ4v) is 3.08. The second-order valence-electron chi connectivity index (χ2n) is 6.35. The molecule has 6 nitrogen and oxygen atoms in total. The van der Waals surface area contributed by atoms with Gasteiger partial charge in [0.2, 0.25) is 17.5 Å². The lowest BCUT2D eigenvalue weighted by Gasteiger charge is -2.18. The van der Waals surface area contributed by atoms with Gasteiger partial charge in [0.1, 0.15) is 5.82 Å². The predicted octanol–water partition coefficient (Wildman–Crippen LogP) is 2.23. The number of benzene rings is 1. The number of H-pyrrole nitrogens is 1. The molecule has 1 aromatic heterocycles. The third kappa shape index (κ3) is 3.88. The van der Waals surface area contributed by atoms with E-state index in [1.165, 1.54) is 0 Å². The maximum absolute atomic E-state index is 12.4. The highest BCUT2D eigenvalue weighted by Crippen LogP contribution is 2.21. The van der Waals surface area contributed by atoms with Crippen molar-refractivity contribution in [2.45, 2.75) is 32.1 Å². The van der Waals surface area contributed by atoms with E-state index in [1.54, 1.807) is 11.9 Å². The second kappa shape index (κ2) is 7.38. The molecule has 6 heteroatoms. The highest BCUT2D eigenvalue weighted by molar-refractivity contribution is 5.95. The smallest absolute Gasteiger partial charge is 0.225 e. The molecule has 1 saturated heterocycles. The van der Waals surface area contributed by atoms with Gasteiger partial charge in [-0.15, -0.1) is 0 Å². The number of hydrogen-bond donors (Lipinski definition) is 1. The van der Waals surface area contributed by atoms with E-state index in [9.17, 15) is 9.59 Å². The summed E-state index contributed by atoms with van der Waals surface area (Å²) in [5.41, 5.74) is 1.10. The third-order valence-corrected chi connectivity index (χ3v) is 4.45. The maximum atomic E-state index is 12.4. The zero-order chi connectivity index (χ0) is 16.9. The predicted molar refractivity (Wildman–Crippen MR) is 89.6 cm³/mol. The van der Waals surface area contributed by atoms with Gasteiger partial charge in [-0.05, 0) is 18.4 Å². The average Bonchev–Trinajstić information content (AvgIpc) is 3.00. The number of ketones is 1. The van der Waals surface area contributed by atoms with Gasteiger partial charge in [-0.2, -0.15) is 5.10 Å². The van der Waals surface area contributed by atoms with Crippen LogP contribution >= 0.6 is 0 Å². The van der Waals surface area contributed by atoms with Crippen molar-refractivity contribution in [2.75, 3.05) is 13.6 Å².